The van der Waals surface area contributed by atoms with E-state index in [1.807, 2.05) is 13.8 Å². The summed E-state index contributed by atoms with van der Waals surface area (Å²) in [6.45, 7) is 4.45. The van der Waals surface area contributed by atoms with E-state index >= 15 is 0 Å². The molecule has 1 aliphatic heterocycles. The Labute approximate surface area is 76.0 Å². The first-order chi connectivity index (χ1) is 6.24. The molecule has 13 heavy (non-hydrogen) atoms. The number of aromatic nitrogens is 2. The van der Waals surface area contributed by atoms with Gasteiger partial charge in [0.2, 0.25) is 0 Å². The maximum atomic E-state index is 5.79. The highest BCUT2D eigenvalue weighted by Gasteiger charge is 2.24. The number of ether oxygens (including phenoxy) is 1. The summed E-state index contributed by atoms with van der Waals surface area (Å²) in [6.07, 6.45) is 0.103. The summed E-state index contributed by atoms with van der Waals surface area (Å²) in [5.41, 5.74) is 12.3. The molecule has 0 saturated heterocycles. The highest BCUT2D eigenvalue weighted by molar-refractivity contribution is 5.68. The molecule has 2 rings (SSSR count). The molecule has 1 atom stereocenters. The average molecular weight is 183 g/mol. The third-order valence-electron chi connectivity index (χ3n) is 1.96. The van der Waals surface area contributed by atoms with E-state index in [1.54, 1.807) is 4.68 Å². The van der Waals surface area contributed by atoms with E-state index in [9.17, 15) is 0 Å². The Hall–Kier alpha value is -1.43. The third-order valence-corrected chi connectivity index (χ3v) is 1.96. The lowest BCUT2D eigenvalue weighted by Crippen LogP contribution is -2.19. The van der Waals surface area contributed by atoms with Gasteiger partial charge in [0.25, 0.3) is 5.88 Å². The second-order valence-electron chi connectivity index (χ2n) is 2.89. The normalized spacial score (nSPS) is 19.7. The van der Waals surface area contributed by atoms with Gasteiger partial charge in [-0.25, -0.2) is 10.1 Å². The highest BCUT2D eigenvalue weighted by atomic mass is 16.5. The Morgan fingerprint density at radius 3 is 3.08 bits per heavy atom. The van der Waals surface area contributed by atoms with Gasteiger partial charge in [0.05, 0.1) is 6.61 Å². The number of hydrazine groups is 1. The van der Waals surface area contributed by atoms with Crippen molar-refractivity contribution in [3.05, 3.63) is 0 Å². The standard InChI is InChI=1S/C7H13N5O/c1-3-13-7-5(8)6-10-9-4(2)12(6)11-7/h4,9-10H,3,8H2,1-2H3. The fraction of sp³-hybridized carbons (Fsp3) is 0.571. The van der Waals surface area contributed by atoms with Gasteiger partial charge in [-0.15, -0.1) is 5.10 Å². The van der Waals surface area contributed by atoms with E-state index in [0.29, 0.717) is 18.2 Å². The van der Waals surface area contributed by atoms with E-state index < -0.39 is 0 Å². The number of nitrogens with one attached hydrogen (secondary N) is 2. The van der Waals surface area contributed by atoms with Crippen molar-refractivity contribution < 1.29 is 4.74 Å². The summed E-state index contributed by atoms with van der Waals surface area (Å²) >= 11 is 0. The second-order valence-corrected chi connectivity index (χ2v) is 2.89. The second kappa shape index (κ2) is 2.81. The number of anilines is 2. The molecule has 6 heteroatoms. The quantitative estimate of drug-likeness (QED) is 0.615. The first-order valence-electron chi connectivity index (χ1n) is 4.26. The predicted molar refractivity (Wildman–Crippen MR) is 49.3 cm³/mol. The molecule has 1 aromatic rings. The molecule has 0 fully saturated rings. The van der Waals surface area contributed by atoms with Crippen LogP contribution in [0.2, 0.25) is 0 Å². The Balaban J connectivity index is 2.37. The topological polar surface area (TPSA) is 77.1 Å². The molecule has 2 heterocycles. The summed E-state index contributed by atoms with van der Waals surface area (Å²) in [6, 6.07) is 0. The fourth-order valence-corrected chi connectivity index (χ4v) is 1.31. The SMILES string of the molecule is CCOc1nn2c(c1N)NNC2C. The number of fused-ring (bicyclic) bond motifs is 1. The van der Waals surface area contributed by atoms with Gasteiger partial charge in [-0.2, -0.15) is 0 Å². The molecule has 1 aromatic heterocycles. The molecular formula is C7H13N5O. The van der Waals surface area contributed by atoms with Crippen LogP contribution in [0.5, 0.6) is 5.88 Å². The van der Waals surface area contributed by atoms with E-state index in [0.717, 1.165) is 5.82 Å². The molecule has 1 aliphatic rings. The minimum absolute atomic E-state index is 0.103. The molecule has 0 bridgehead atoms. The zero-order valence-electron chi connectivity index (χ0n) is 7.66. The summed E-state index contributed by atoms with van der Waals surface area (Å²) in [4.78, 5) is 0. The molecule has 0 spiro atoms. The molecule has 0 aliphatic carbocycles. The minimum Gasteiger partial charge on any atom is -0.475 e. The molecule has 6 nitrogen and oxygen atoms in total. The van der Waals surface area contributed by atoms with Gasteiger partial charge in [-0.05, 0) is 13.8 Å². The summed E-state index contributed by atoms with van der Waals surface area (Å²) < 4.78 is 7.02. The van der Waals surface area contributed by atoms with Crippen molar-refractivity contribution in [3.63, 3.8) is 0 Å². The van der Waals surface area contributed by atoms with E-state index in [-0.39, 0.29) is 6.17 Å². The van der Waals surface area contributed by atoms with Gasteiger partial charge in [0.15, 0.2) is 5.82 Å². The van der Waals surface area contributed by atoms with E-state index in [1.165, 1.54) is 0 Å². The van der Waals surface area contributed by atoms with Crippen molar-refractivity contribution in [3.8, 4) is 5.88 Å². The van der Waals surface area contributed by atoms with Crippen LogP contribution < -0.4 is 21.3 Å². The lowest BCUT2D eigenvalue weighted by molar-refractivity contribution is 0.318. The number of rotatable bonds is 2. The Kier molecular flexibility index (Phi) is 1.77. The van der Waals surface area contributed by atoms with Crippen molar-refractivity contribution in [1.82, 2.24) is 15.2 Å². The van der Waals surface area contributed by atoms with Crippen molar-refractivity contribution in [2.75, 3.05) is 17.8 Å². The number of nitrogen functional groups attached to an aromatic ring is 1. The van der Waals surface area contributed by atoms with Crippen LogP contribution in [0, 0.1) is 0 Å². The molecular weight excluding hydrogens is 170 g/mol. The molecule has 0 saturated carbocycles. The smallest absolute Gasteiger partial charge is 0.258 e. The third kappa shape index (κ3) is 1.10. The van der Waals surface area contributed by atoms with Crippen LogP contribution in [-0.4, -0.2) is 16.4 Å². The largest absolute Gasteiger partial charge is 0.475 e. The van der Waals surface area contributed by atoms with Gasteiger partial charge in [-0.1, -0.05) is 0 Å². The van der Waals surface area contributed by atoms with Crippen molar-refractivity contribution >= 4 is 11.5 Å². The van der Waals surface area contributed by atoms with Crippen LogP contribution in [0.15, 0.2) is 0 Å². The number of hydrogen-bond donors (Lipinski definition) is 3. The van der Waals surface area contributed by atoms with Gasteiger partial charge >= 0.3 is 0 Å². The maximum Gasteiger partial charge on any atom is 0.258 e. The van der Waals surface area contributed by atoms with Crippen molar-refractivity contribution in [2.45, 2.75) is 20.0 Å². The predicted octanol–water partition coefficient (Wildman–Crippen LogP) is 0.313. The first-order valence-corrected chi connectivity index (χ1v) is 4.26. The zero-order chi connectivity index (χ0) is 9.42. The van der Waals surface area contributed by atoms with Crippen LogP contribution in [0.4, 0.5) is 11.5 Å². The number of nitrogens with two attached hydrogens (primary N) is 1. The van der Waals surface area contributed by atoms with E-state index in [2.05, 4.69) is 16.0 Å². The average Bonchev–Trinajstić information content (AvgIpc) is 2.59. The molecule has 0 amide bonds. The van der Waals surface area contributed by atoms with Crippen LogP contribution in [-0.2, 0) is 0 Å². The minimum atomic E-state index is 0.103. The van der Waals surface area contributed by atoms with Gasteiger partial charge in [0, 0.05) is 0 Å². The van der Waals surface area contributed by atoms with Gasteiger partial charge in [0.1, 0.15) is 11.9 Å². The van der Waals surface area contributed by atoms with Crippen LogP contribution in [0.25, 0.3) is 0 Å². The van der Waals surface area contributed by atoms with Gasteiger partial charge < -0.3 is 15.9 Å². The Bertz CT molecular complexity index is 321. The Morgan fingerprint density at radius 2 is 2.46 bits per heavy atom. The lowest BCUT2D eigenvalue weighted by atomic mass is 10.5. The van der Waals surface area contributed by atoms with Crippen molar-refractivity contribution in [2.24, 2.45) is 0 Å². The van der Waals surface area contributed by atoms with Crippen LogP contribution >= 0.6 is 0 Å². The highest BCUT2D eigenvalue weighted by Crippen LogP contribution is 2.33. The fourth-order valence-electron chi connectivity index (χ4n) is 1.31. The molecule has 1 unspecified atom stereocenters. The molecule has 72 valence electrons. The van der Waals surface area contributed by atoms with Gasteiger partial charge in [-0.3, -0.25) is 0 Å². The first kappa shape index (κ1) is 8.18. The monoisotopic (exact) mass is 183 g/mol. The zero-order valence-corrected chi connectivity index (χ0v) is 7.66. The summed E-state index contributed by atoms with van der Waals surface area (Å²) in [7, 11) is 0. The maximum absolute atomic E-state index is 5.79. The Morgan fingerprint density at radius 1 is 1.69 bits per heavy atom. The number of hydrogen-bond acceptors (Lipinski definition) is 5. The van der Waals surface area contributed by atoms with Crippen LogP contribution in [0.3, 0.4) is 0 Å². The summed E-state index contributed by atoms with van der Waals surface area (Å²) in [5.74, 6) is 1.27. The lowest BCUT2D eigenvalue weighted by Gasteiger charge is -2.03. The van der Waals surface area contributed by atoms with Crippen molar-refractivity contribution in [1.29, 1.82) is 0 Å². The molecule has 0 aromatic carbocycles. The number of nitrogens with zero attached hydrogens (tertiary/aromatic N) is 2. The molecule has 0 radical (unpaired) electrons. The van der Waals surface area contributed by atoms with Crippen LogP contribution in [0.1, 0.15) is 20.0 Å². The molecule has 4 N–H and O–H groups in total. The summed E-state index contributed by atoms with van der Waals surface area (Å²) in [5, 5.41) is 4.21. The van der Waals surface area contributed by atoms with E-state index in [4.69, 9.17) is 10.5 Å².